The topological polar surface area (TPSA) is 76.4 Å². The third-order valence-corrected chi connectivity index (χ3v) is 4.24. The summed E-state index contributed by atoms with van der Waals surface area (Å²) in [5.41, 5.74) is 2.02. The molecular weight excluding hydrogens is 352 g/mol. The van der Waals surface area contributed by atoms with Crippen LogP contribution in [0.15, 0.2) is 65.8 Å². The van der Waals surface area contributed by atoms with Crippen molar-refractivity contribution in [1.82, 2.24) is 19.7 Å². The maximum absolute atomic E-state index is 12.7. The van der Waals surface area contributed by atoms with Gasteiger partial charge in [-0.3, -0.25) is 19.0 Å². The highest BCUT2D eigenvalue weighted by Gasteiger charge is 2.10. The van der Waals surface area contributed by atoms with E-state index in [1.165, 1.54) is 10.6 Å². The van der Waals surface area contributed by atoms with Gasteiger partial charge < -0.3 is 5.32 Å². The number of halogens is 1. The molecule has 1 N–H and O–H groups in total. The first-order valence-corrected chi connectivity index (χ1v) is 8.28. The van der Waals surface area contributed by atoms with Crippen molar-refractivity contribution >= 4 is 34.1 Å². The Labute approximate surface area is 153 Å². The Morgan fingerprint density at radius 3 is 2.88 bits per heavy atom. The number of pyridine rings is 2. The predicted molar refractivity (Wildman–Crippen MR) is 99.4 cm³/mol. The number of carbonyl (C=O) groups is 1. The first-order chi connectivity index (χ1) is 12.6. The summed E-state index contributed by atoms with van der Waals surface area (Å²) in [6, 6.07) is 11.9. The summed E-state index contributed by atoms with van der Waals surface area (Å²) in [7, 11) is 0. The summed E-state index contributed by atoms with van der Waals surface area (Å²) in [6.45, 7) is 0.352. The minimum Gasteiger partial charge on any atom is -0.348 e. The molecule has 3 aromatic heterocycles. The van der Waals surface area contributed by atoms with E-state index < -0.39 is 0 Å². The SMILES string of the molecule is O=C(NCc1cccnc1)c1ccc2nc3ccc(Cl)cc3c(=O)n2c1. The maximum atomic E-state index is 12.7. The van der Waals surface area contributed by atoms with Gasteiger partial charge in [-0.1, -0.05) is 17.7 Å². The summed E-state index contributed by atoms with van der Waals surface area (Å²) in [6.07, 6.45) is 4.85. The predicted octanol–water partition coefficient (Wildman–Crippen LogP) is 2.83. The second-order valence-corrected chi connectivity index (χ2v) is 6.20. The molecule has 0 atom stereocenters. The molecule has 0 spiro atoms. The van der Waals surface area contributed by atoms with Gasteiger partial charge in [-0.25, -0.2) is 4.98 Å². The van der Waals surface area contributed by atoms with Crippen LogP contribution in [-0.2, 0) is 6.54 Å². The van der Waals surface area contributed by atoms with Gasteiger partial charge in [0.1, 0.15) is 5.65 Å². The minimum atomic E-state index is -0.283. The van der Waals surface area contributed by atoms with Crippen LogP contribution >= 0.6 is 11.6 Å². The zero-order chi connectivity index (χ0) is 18.1. The first-order valence-electron chi connectivity index (χ1n) is 7.90. The molecule has 0 aliphatic carbocycles. The zero-order valence-electron chi connectivity index (χ0n) is 13.5. The van der Waals surface area contributed by atoms with Gasteiger partial charge in [0.25, 0.3) is 11.5 Å². The summed E-state index contributed by atoms with van der Waals surface area (Å²) in [4.78, 5) is 33.6. The molecule has 0 saturated carbocycles. The largest absolute Gasteiger partial charge is 0.348 e. The standard InChI is InChI=1S/C19H13ClN4O2/c20-14-4-5-16-15(8-14)19(26)24-11-13(3-6-17(24)23-16)18(25)22-10-12-2-1-7-21-9-12/h1-9,11H,10H2,(H,22,25). The third-order valence-electron chi connectivity index (χ3n) is 4.01. The van der Waals surface area contributed by atoms with Crippen LogP contribution in [0.5, 0.6) is 0 Å². The number of benzene rings is 1. The number of amides is 1. The smallest absolute Gasteiger partial charge is 0.265 e. The zero-order valence-corrected chi connectivity index (χ0v) is 14.3. The van der Waals surface area contributed by atoms with Gasteiger partial charge in [-0.2, -0.15) is 0 Å². The second-order valence-electron chi connectivity index (χ2n) is 5.77. The van der Waals surface area contributed by atoms with E-state index in [1.807, 2.05) is 6.07 Å². The number of aromatic nitrogens is 3. The van der Waals surface area contributed by atoms with Crippen molar-refractivity contribution in [3.05, 3.63) is 87.6 Å². The van der Waals surface area contributed by atoms with Crippen LogP contribution in [0.2, 0.25) is 5.02 Å². The van der Waals surface area contributed by atoms with Gasteiger partial charge in [0.05, 0.1) is 16.5 Å². The Kier molecular flexibility index (Phi) is 4.10. The number of carbonyl (C=O) groups excluding carboxylic acids is 1. The fourth-order valence-electron chi connectivity index (χ4n) is 2.70. The van der Waals surface area contributed by atoms with Crippen molar-refractivity contribution in [2.75, 3.05) is 0 Å². The minimum absolute atomic E-state index is 0.269. The summed E-state index contributed by atoms with van der Waals surface area (Å²) in [5, 5.41) is 3.68. The summed E-state index contributed by atoms with van der Waals surface area (Å²) >= 11 is 5.98. The van der Waals surface area contributed by atoms with E-state index in [-0.39, 0.29) is 11.5 Å². The van der Waals surface area contributed by atoms with Gasteiger partial charge in [0.15, 0.2) is 0 Å². The summed E-state index contributed by atoms with van der Waals surface area (Å²) < 4.78 is 1.36. The van der Waals surface area contributed by atoms with Crippen molar-refractivity contribution in [3.63, 3.8) is 0 Å². The fourth-order valence-corrected chi connectivity index (χ4v) is 2.87. The maximum Gasteiger partial charge on any atom is 0.265 e. The Balaban J connectivity index is 1.70. The molecule has 3 heterocycles. The van der Waals surface area contributed by atoms with E-state index >= 15 is 0 Å². The van der Waals surface area contributed by atoms with Crippen LogP contribution in [0, 0.1) is 0 Å². The van der Waals surface area contributed by atoms with E-state index in [0.29, 0.717) is 33.7 Å². The quantitative estimate of drug-likeness (QED) is 0.567. The van der Waals surface area contributed by atoms with E-state index in [9.17, 15) is 9.59 Å². The highest BCUT2D eigenvalue weighted by molar-refractivity contribution is 6.31. The van der Waals surface area contributed by atoms with E-state index in [1.54, 1.807) is 48.8 Å². The van der Waals surface area contributed by atoms with Crippen molar-refractivity contribution in [2.24, 2.45) is 0 Å². The van der Waals surface area contributed by atoms with Gasteiger partial charge in [0.2, 0.25) is 0 Å². The molecule has 0 unspecified atom stereocenters. The normalized spacial score (nSPS) is 11.0. The number of nitrogens with zero attached hydrogens (tertiary/aromatic N) is 3. The summed E-state index contributed by atoms with van der Waals surface area (Å²) in [5.74, 6) is -0.283. The van der Waals surface area contributed by atoms with E-state index in [2.05, 4.69) is 15.3 Å². The highest BCUT2D eigenvalue weighted by atomic mass is 35.5. The molecule has 4 aromatic rings. The van der Waals surface area contributed by atoms with Gasteiger partial charge in [-0.05, 0) is 42.0 Å². The van der Waals surface area contributed by atoms with Crippen molar-refractivity contribution in [2.45, 2.75) is 6.54 Å². The number of rotatable bonds is 3. The molecule has 0 radical (unpaired) electrons. The first kappa shape index (κ1) is 16.2. The lowest BCUT2D eigenvalue weighted by Crippen LogP contribution is -2.24. The Bertz CT molecular complexity index is 1190. The van der Waals surface area contributed by atoms with Gasteiger partial charge in [-0.15, -0.1) is 0 Å². The van der Waals surface area contributed by atoms with Crippen LogP contribution in [0.25, 0.3) is 16.6 Å². The molecule has 7 heteroatoms. The molecule has 26 heavy (non-hydrogen) atoms. The average Bonchev–Trinajstić information content (AvgIpc) is 2.67. The average molecular weight is 365 g/mol. The van der Waals surface area contributed by atoms with Crippen LogP contribution in [0.1, 0.15) is 15.9 Å². The molecule has 1 amide bonds. The lowest BCUT2D eigenvalue weighted by atomic mass is 10.2. The lowest BCUT2D eigenvalue weighted by molar-refractivity contribution is 0.0950. The number of hydrogen-bond donors (Lipinski definition) is 1. The van der Waals surface area contributed by atoms with Crippen molar-refractivity contribution < 1.29 is 4.79 Å². The molecular formula is C19H13ClN4O2. The van der Waals surface area contributed by atoms with Crippen molar-refractivity contribution in [1.29, 1.82) is 0 Å². The molecule has 128 valence electrons. The van der Waals surface area contributed by atoms with E-state index in [0.717, 1.165) is 5.56 Å². The Morgan fingerprint density at radius 1 is 1.19 bits per heavy atom. The van der Waals surface area contributed by atoms with E-state index in [4.69, 9.17) is 11.6 Å². The molecule has 0 aliphatic heterocycles. The van der Waals surface area contributed by atoms with Crippen LogP contribution in [0.4, 0.5) is 0 Å². The molecule has 4 rings (SSSR count). The van der Waals surface area contributed by atoms with Crippen LogP contribution in [0.3, 0.4) is 0 Å². The second kappa shape index (κ2) is 6.57. The molecule has 6 nitrogen and oxygen atoms in total. The van der Waals surface area contributed by atoms with Crippen LogP contribution < -0.4 is 10.9 Å². The van der Waals surface area contributed by atoms with Gasteiger partial charge >= 0.3 is 0 Å². The Hall–Kier alpha value is -3.25. The van der Waals surface area contributed by atoms with Crippen LogP contribution in [-0.4, -0.2) is 20.3 Å². The Morgan fingerprint density at radius 2 is 2.08 bits per heavy atom. The molecule has 1 aromatic carbocycles. The molecule has 0 aliphatic rings. The molecule has 0 saturated heterocycles. The van der Waals surface area contributed by atoms with Crippen molar-refractivity contribution in [3.8, 4) is 0 Å². The number of hydrogen-bond acceptors (Lipinski definition) is 4. The highest BCUT2D eigenvalue weighted by Crippen LogP contribution is 2.16. The molecule has 0 bridgehead atoms. The monoisotopic (exact) mass is 364 g/mol. The number of fused-ring (bicyclic) bond motifs is 2. The third kappa shape index (κ3) is 3.02. The fraction of sp³-hybridized carbons (Fsp3) is 0.0526. The van der Waals surface area contributed by atoms with Gasteiger partial charge in [0, 0.05) is 30.2 Å². The lowest BCUT2D eigenvalue weighted by Gasteiger charge is -2.08. The number of nitrogens with one attached hydrogen (secondary N) is 1. The molecule has 0 fully saturated rings.